The predicted molar refractivity (Wildman–Crippen MR) is 116 cm³/mol. The molecule has 1 fully saturated rings. The third-order valence-corrected chi connectivity index (χ3v) is 6.45. The van der Waals surface area contributed by atoms with Gasteiger partial charge in [-0.25, -0.2) is 38.8 Å². The van der Waals surface area contributed by atoms with Crippen LogP contribution in [0.1, 0.15) is 22.3 Å². The third-order valence-electron chi connectivity index (χ3n) is 5.44. The van der Waals surface area contributed by atoms with Crippen molar-refractivity contribution in [3.05, 3.63) is 34.4 Å². The molecule has 1 saturated heterocycles. The van der Waals surface area contributed by atoms with Crippen molar-refractivity contribution in [1.82, 2.24) is 39.6 Å². The third kappa shape index (κ3) is 3.68. The number of piperazine rings is 1. The van der Waals surface area contributed by atoms with Gasteiger partial charge in [0.15, 0.2) is 11.6 Å². The fourth-order valence-corrected chi connectivity index (χ4v) is 4.62. The first-order chi connectivity index (χ1) is 15.5. The fourth-order valence-electron chi connectivity index (χ4n) is 3.75. The highest BCUT2D eigenvalue weighted by Crippen LogP contribution is 2.32. The number of carbonyl (C=O) groups excluding carboxylic acids is 1. The average molecular weight is 457 g/mol. The van der Waals surface area contributed by atoms with Gasteiger partial charge in [-0.15, -0.1) is 11.3 Å². The minimum Gasteiger partial charge on any atom is -0.337 e. The summed E-state index contributed by atoms with van der Waals surface area (Å²) >= 11 is 1.58. The largest absolute Gasteiger partial charge is 0.341 e. The highest BCUT2D eigenvalue weighted by molar-refractivity contribution is 7.11. The highest BCUT2D eigenvalue weighted by atomic mass is 32.1. The molecule has 166 valence electrons. The number of carbonyl (C=O) groups is 1. The molecule has 0 aromatic carbocycles. The SMILES string of the molecule is Cc1cnc([C@@H]2CC=NN2C(=O)N2CCN(c3ncc(F)c(-c4ncnn4C)n3)CC2)s1. The number of nitrogens with zero attached hydrogens (tertiary/aromatic N) is 10. The number of amides is 2. The first kappa shape index (κ1) is 20.4. The molecule has 0 unspecified atom stereocenters. The zero-order valence-electron chi connectivity index (χ0n) is 17.6. The second-order valence-electron chi connectivity index (χ2n) is 7.53. The Bertz CT molecular complexity index is 1170. The summed E-state index contributed by atoms with van der Waals surface area (Å²) in [6.07, 6.45) is 6.73. The number of aromatic nitrogens is 6. The summed E-state index contributed by atoms with van der Waals surface area (Å²) in [5.74, 6) is 0.163. The quantitative estimate of drug-likeness (QED) is 0.592. The molecule has 11 nitrogen and oxygen atoms in total. The van der Waals surface area contributed by atoms with Gasteiger partial charge in [-0.1, -0.05) is 0 Å². The highest BCUT2D eigenvalue weighted by Gasteiger charge is 2.35. The maximum atomic E-state index is 14.3. The minimum absolute atomic E-state index is 0.0986. The standard InChI is InChI=1S/C19H21FN10OS/c1-12-9-21-17(32-12)14-3-4-24-30(14)19(31)29-7-5-28(6-8-29)18-22-10-13(20)15(26-18)16-23-11-25-27(16)2/h4,9-11,14H,3,5-8H2,1-2H3/t14-/m0/s1. The summed E-state index contributed by atoms with van der Waals surface area (Å²) in [5.41, 5.74) is 0.0986. The van der Waals surface area contributed by atoms with Gasteiger partial charge in [0, 0.05) is 56.9 Å². The lowest BCUT2D eigenvalue weighted by Gasteiger charge is -2.36. The monoisotopic (exact) mass is 456 g/mol. The predicted octanol–water partition coefficient (Wildman–Crippen LogP) is 1.85. The summed E-state index contributed by atoms with van der Waals surface area (Å²) in [6, 6.07) is -0.301. The maximum Gasteiger partial charge on any atom is 0.341 e. The molecule has 0 saturated carbocycles. The van der Waals surface area contributed by atoms with Gasteiger partial charge in [-0.05, 0) is 6.92 Å². The number of hydrazone groups is 1. The molecule has 0 N–H and O–H groups in total. The molecule has 3 aromatic heterocycles. The molecular weight excluding hydrogens is 435 g/mol. The van der Waals surface area contributed by atoms with E-state index in [2.05, 4.69) is 30.1 Å². The number of thiazole rings is 1. The number of hydrogen-bond donors (Lipinski definition) is 0. The molecule has 32 heavy (non-hydrogen) atoms. The molecule has 5 heterocycles. The van der Waals surface area contributed by atoms with Crippen molar-refractivity contribution in [2.24, 2.45) is 12.1 Å². The van der Waals surface area contributed by atoms with Crippen molar-refractivity contribution in [1.29, 1.82) is 0 Å². The van der Waals surface area contributed by atoms with E-state index in [-0.39, 0.29) is 17.8 Å². The number of aryl methyl sites for hydroxylation is 2. The van der Waals surface area contributed by atoms with Crippen LogP contribution in [0.5, 0.6) is 0 Å². The van der Waals surface area contributed by atoms with Crippen LogP contribution in [0.2, 0.25) is 0 Å². The molecule has 2 aliphatic heterocycles. The number of rotatable bonds is 3. The Balaban J connectivity index is 1.27. The normalized spacial score (nSPS) is 18.6. The average Bonchev–Trinajstić information content (AvgIpc) is 3.55. The second kappa shape index (κ2) is 8.22. The summed E-state index contributed by atoms with van der Waals surface area (Å²) in [4.78, 5) is 34.9. The van der Waals surface area contributed by atoms with Gasteiger partial charge >= 0.3 is 6.03 Å². The Morgan fingerprint density at radius 2 is 1.97 bits per heavy atom. The lowest BCUT2D eigenvalue weighted by molar-refractivity contribution is 0.139. The molecule has 0 spiro atoms. The summed E-state index contributed by atoms with van der Waals surface area (Å²) in [6.45, 7) is 4.00. The summed E-state index contributed by atoms with van der Waals surface area (Å²) in [5, 5.41) is 10.7. The molecule has 0 radical (unpaired) electrons. The lowest BCUT2D eigenvalue weighted by Crippen LogP contribution is -2.52. The van der Waals surface area contributed by atoms with Crippen LogP contribution in [0, 0.1) is 12.7 Å². The zero-order chi connectivity index (χ0) is 22.2. The molecule has 1 atom stereocenters. The lowest BCUT2D eigenvalue weighted by atomic mass is 10.2. The van der Waals surface area contributed by atoms with Gasteiger partial charge in [0.2, 0.25) is 5.95 Å². The van der Waals surface area contributed by atoms with Gasteiger partial charge in [0.25, 0.3) is 0 Å². The van der Waals surface area contributed by atoms with Crippen molar-refractivity contribution in [2.45, 2.75) is 19.4 Å². The van der Waals surface area contributed by atoms with Crippen LogP contribution in [-0.2, 0) is 7.05 Å². The Morgan fingerprint density at radius 1 is 1.16 bits per heavy atom. The Kier molecular flexibility index (Phi) is 5.25. The van der Waals surface area contributed by atoms with Gasteiger partial charge in [-0.3, -0.25) is 0 Å². The van der Waals surface area contributed by atoms with Crippen LogP contribution < -0.4 is 4.90 Å². The van der Waals surface area contributed by atoms with E-state index in [1.165, 1.54) is 16.0 Å². The molecule has 13 heteroatoms. The molecule has 2 aliphatic rings. The van der Waals surface area contributed by atoms with Crippen LogP contribution in [0.15, 0.2) is 23.8 Å². The van der Waals surface area contributed by atoms with Gasteiger partial charge in [0.05, 0.1) is 6.20 Å². The van der Waals surface area contributed by atoms with E-state index in [1.54, 1.807) is 29.5 Å². The fraction of sp³-hybridized carbons (Fsp3) is 0.421. The van der Waals surface area contributed by atoms with Crippen LogP contribution >= 0.6 is 11.3 Å². The van der Waals surface area contributed by atoms with E-state index in [1.807, 2.05) is 18.0 Å². The topological polar surface area (TPSA) is 109 Å². The summed E-state index contributed by atoms with van der Waals surface area (Å²) in [7, 11) is 1.68. The Morgan fingerprint density at radius 3 is 2.66 bits per heavy atom. The number of hydrogen-bond acceptors (Lipinski definition) is 9. The Hall–Kier alpha value is -3.48. The first-order valence-corrected chi connectivity index (χ1v) is 11.0. The molecular formula is C19H21FN10OS. The van der Waals surface area contributed by atoms with Crippen molar-refractivity contribution in [3.63, 3.8) is 0 Å². The van der Waals surface area contributed by atoms with Crippen molar-refractivity contribution in [3.8, 4) is 11.5 Å². The molecule has 5 rings (SSSR count). The Labute approximate surface area is 187 Å². The second-order valence-corrected chi connectivity index (χ2v) is 8.80. The number of anilines is 1. The van der Waals surface area contributed by atoms with Crippen LogP contribution in [0.25, 0.3) is 11.5 Å². The van der Waals surface area contributed by atoms with Crippen LogP contribution in [-0.4, -0.2) is 78.0 Å². The van der Waals surface area contributed by atoms with E-state index < -0.39 is 5.82 Å². The smallest absolute Gasteiger partial charge is 0.337 e. The maximum absolute atomic E-state index is 14.3. The number of urea groups is 1. The van der Waals surface area contributed by atoms with Gasteiger partial charge < -0.3 is 9.80 Å². The van der Waals surface area contributed by atoms with Crippen LogP contribution in [0.3, 0.4) is 0 Å². The van der Waals surface area contributed by atoms with Crippen molar-refractivity contribution in [2.75, 3.05) is 31.1 Å². The van der Waals surface area contributed by atoms with Gasteiger partial charge in [0.1, 0.15) is 23.1 Å². The molecule has 3 aromatic rings. The van der Waals surface area contributed by atoms with Crippen LogP contribution in [0.4, 0.5) is 15.1 Å². The van der Waals surface area contributed by atoms with E-state index in [0.29, 0.717) is 44.4 Å². The van der Waals surface area contributed by atoms with Crippen molar-refractivity contribution < 1.29 is 9.18 Å². The molecule has 0 bridgehead atoms. The summed E-state index contributed by atoms with van der Waals surface area (Å²) < 4.78 is 15.8. The van der Waals surface area contributed by atoms with Crippen molar-refractivity contribution >= 4 is 29.5 Å². The van der Waals surface area contributed by atoms with E-state index >= 15 is 0 Å². The van der Waals surface area contributed by atoms with Gasteiger partial charge in [-0.2, -0.15) is 10.2 Å². The van der Waals surface area contributed by atoms with E-state index in [4.69, 9.17) is 0 Å². The molecule has 0 aliphatic carbocycles. The first-order valence-electron chi connectivity index (χ1n) is 10.2. The van der Waals surface area contributed by atoms with E-state index in [0.717, 1.165) is 16.1 Å². The number of halogens is 1. The minimum atomic E-state index is -0.561. The van der Waals surface area contributed by atoms with E-state index in [9.17, 15) is 9.18 Å². The zero-order valence-corrected chi connectivity index (χ0v) is 18.4. The molecule has 2 amide bonds.